The topological polar surface area (TPSA) is 69.7 Å². The summed E-state index contributed by atoms with van der Waals surface area (Å²) in [5, 5.41) is 5.54. The van der Waals surface area contributed by atoms with Crippen LogP contribution in [0.4, 0.5) is 5.69 Å². The summed E-state index contributed by atoms with van der Waals surface area (Å²) >= 11 is 6.16. The second-order valence-corrected chi connectivity index (χ2v) is 10.7. The standard InChI is InChI=1S/C29H32ClN3O3/c1-19(27(35)31-29(2,3)4)33(18-20-9-5-12-22(30)17-20)25(34)15-8-16-32-24-14-7-11-21-10-6-13-23(26(21)24)28(32)36/h5-7,9-14,17,19H,8,15-16,18H2,1-4H3,(H,31,35)/t19-/m0/s1. The van der Waals surface area contributed by atoms with Crippen LogP contribution in [0.5, 0.6) is 0 Å². The highest BCUT2D eigenvalue weighted by Gasteiger charge is 2.31. The van der Waals surface area contributed by atoms with Crippen molar-refractivity contribution < 1.29 is 14.4 Å². The second kappa shape index (κ2) is 10.3. The molecule has 1 aliphatic heterocycles. The van der Waals surface area contributed by atoms with Gasteiger partial charge in [-0.15, -0.1) is 0 Å². The Labute approximate surface area is 217 Å². The molecule has 0 saturated heterocycles. The summed E-state index contributed by atoms with van der Waals surface area (Å²) in [7, 11) is 0. The van der Waals surface area contributed by atoms with Gasteiger partial charge in [0.05, 0.1) is 5.69 Å². The normalized spacial score (nSPS) is 13.7. The summed E-state index contributed by atoms with van der Waals surface area (Å²) in [6.45, 7) is 8.16. The Balaban J connectivity index is 1.47. The Morgan fingerprint density at radius 1 is 1.06 bits per heavy atom. The molecule has 0 saturated carbocycles. The number of benzene rings is 3. The molecule has 0 radical (unpaired) electrons. The first-order valence-corrected chi connectivity index (χ1v) is 12.6. The summed E-state index contributed by atoms with van der Waals surface area (Å²) in [5.41, 5.74) is 2.02. The molecule has 1 heterocycles. The lowest BCUT2D eigenvalue weighted by atomic mass is 10.1. The van der Waals surface area contributed by atoms with Crippen LogP contribution in [0.2, 0.25) is 5.02 Å². The number of hydrogen-bond donors (Lipinski definition) is 1. The van der Waals surface area contributed by atoms with E-state index in [9.17, 15) is 14.4 Å². The van der Waals surface area contributed by atoms with Crippen LogP contribution in [0, 0.1) is 0 Å². The molecule has 36 heavy (non-hydrogen) atoms. The fourth-order valence-electron chi connectivity index (χ4n) is 4.62. The molecule has 3 aromatic rings. The van der Waals surface area contributed by atoms with Crippen LogP contribution >= 0.6 is 11.6 Å². The van der Waals surface area contributed by atoms with E-state index < -0.39 is 11.6 Å². The summed E-state index contributed by atoms with van der Waals surface area (Å²) in [5.74, 6) is -0.397. The Bertz CT molecular complexity index is 1310. The number of carbonyl (C=O) groups is 3. The van der Waals surface area contributed by atoms with Gasteiger partial charge in [-0.2, -0.15) is 0 Å². The van der Waals surface area contributed by atoms with E-state index in [0.717, 1.165) is 22.0 Å². The number of hydrogen-bond acceptors (Lipinski definition) is 3. The van der Waals surface area contributed by atoms with E-state index >= 15 is 0 Å². The predicted molar refractivity (Wildman–Crippen MR) is 144 cm³/mol. The van der Waals surface area contributed by atoms with Crippen molar-refractivity contribution >= 4 is 45.8 Å². The van der Waals surface area contributed by atoms with E-state index in [2.05, 4.69) is 5.32 Å². The van der Waals surface area contributed by atoms with E-state index in [4.69, 9.17) is 11.6 Å². The average molecular weight is 506 g/mol. The lowest BCUT2D eigenvalue weighted by molar-refractivity contribution is -0.141. The highest BCUT2D eigenvalue weighted by Crippen LogP contribution is 2.37. The molecule has 0 bridgehead atoms. The largest absolute Gasteiger partial charge is 0.350 e. The van der Waals surface area contributed by atoms with Gasteiger partial charge in [0.2, 0.25) is 11.8 Å². The molecule has 1 atom stereocenters. The van der Waals surface area contributed by atoms with Gasteiger partial charge in [-0.1, -0.05) is 48.0 Å². The summed E-state index contributed by atoms with van der Waals surface area (Å²) < 4.78 is 0. The van der Waals surface area contributed by atoms with Crippen LogP contribution in [0.1, 0.15) is 56.5 Å². The molecule has 0 aromatic heterocycles. The van der Waals surface area contributed by atoms with Crippen LogP contribution in [0.3, 0.4) is 0 Å². The first-order valence-electron chi connectivity index (χ1n) is 12.2. The molecule has 1 aliphatic rings. The molecule has 0 aliphatic carbocycles. The molecule has 7 heteroatoms. The zero-order valence-electron chi connectivity index (χ0n) is 21.2. The smallest absolute Gasteiger partial charge is 0.258 e. The minimum Gasteiger partial charge on any atom is -0.350 e. The van der Waals surface area contributed by atoms with E-state index in [1.807, 2.05) is 69.3 Å². The summed E-state index contributed by atoms with van der Waals surface area (Å²) in [6, 6.07) is 18.3. The third-order valence-corrected chi connectivity index (χ3v) is 6.56. The molecule has 0 fully saturated rings. The minimum absolute atomic E-state index is 0.0389. The Kier molecular flexibility index (Phi) is 7.36. The predicted octanol–water partition coefficient (Wildman–Crippen LogP) is 5.57. The molecular formula is C29H32ClN3O3. The molecule has 1 N–H and O–H groups in total. The zero-order valence-corrected chi connectivity index (χ0v) is 21.9. The molecule has 3 amide bonds. The van der Waals surface area contributed by atoms with Crippen molar-refractivity contribution in [3.8, 4) is 0 Å². The van der Waals surface area contributed by atoms with Gasteiger partial charge in [0.1, 0.15) is 6.04 Å². The van der Waals surface area contributed by atoms with Crippen LogP contribution < -0.4 is 10.2 Å². The van der Waals surface area contributed by atoms with Gasteiger partial charge in [0, 0.05) is 41.0 Å². The Morgan fingerprint density at radius 3 is 2.44 bits per heavy atom. The van der Waals surface area contributed by atoms with Crippen molar-refractivity contribution in [3.05, 3.63) is 76.8 Å². The fraction of sp³-hybridized carbons (Fsp3) is 0.345. The zero-order chi connectivity index (χ0) is 26.0. The van der Waals surface area contributed by atoms with Gasteiger partial charge < -0.3 is 15.1 Å². The molecule has 4 rings (SSSR count). The van der Waals surface area contributed by atoms with Crippen molar-refractivity contribution in [2.24, 2.45) is 0 Å². The molecule has 188 valence electrons. The minimum atomic E-state index is -0.665. The van der Waals surface area contributed by atoms with Crippen molar-refractivity contribution in [1.29, 1.82) is 0 Å². The number of nitrogens with one attached hydrogen (secondary N) is 1. The maximum Gasteiger partial charge on any atom is 0.258 e. The van der Waals surface area contributed by atoms with Gasteiger partial charge in [0.25, 0.3) is 5.91 Å². The quantitative estimate of drug-likeness (QED) is 0.435. The summed E-state index contributed by atoms with van der Waals surface area (Å²) in [6.07, 6.45) is 0.693. The number of carbonyl (C=O) groups excluding carboxylic acids is 3. The SMILES string of the molecule is C[C@@H](C(=O)NC(C)(C)C)N(Cc1cccc(Cl)c1)C(=O)CCCN1C(=O)c2cccc3cccc1c23. The first-order chi connectivity index (χ1) is 17.0. The molecule has 0 unspecified atom stereocenters. The highest BCUT2D eigenvalue weighted by molar-refractivity contribution is 6.30. The lowest BCUT2D eigenvalue weighted by Gasteiger charge is -2.31. The number of anilines is 1. The van der Waals surface area contributed by atoms with E-state index in [-0.39, 0.29) is 30.7 Å². The average Bonchev–Trinajstić information content (AvgIpc) is 3.09. The maximum atomic E-state index is 13.4. The van der Waals surface area contributed by atoms with Crippen LogP contribution in [0.25, 0.3) is 10.8 Å². The van der Waals surface area contributed by atoms with Gasteiger partial charge in [-0.3, -0.25) is 14.4 Å². The first kappa shape index (κ1) is 25.7. The van der Waals surface area contributed by atoms with Gasteiger partial charge in [-0.05, 0) is 69.3 Å². The fourth-order valence-corrected chi connectivity index (χ4v) is 4.83. The highest BCUT2D eigenvalue weighted by atomic mass is 35.5. The third-order valence-electron chi connectivity index (χ3n) is 6.33. The number of halogens is 1. The van der Waals surface area contributed by atoms with Crippen LogP contribution in [0.15, 0.2) is 60.7 Å². The Morgan fingerprint density at radius 2 is 1.75 bits per heavy atom. The van der Waals surface area contributed by atoms with Crippen molar-refractivity contribution in [1.82, 2.24) is 10.2 Å². The van der Waals surface area contributed by atoms with Crippen molar-refractivity contribution in [3.63, 3.8) is 0 Å². The van der Waals surface area contributed by atoms with Gasteiger partial charge >= 0.3 is 0 Å². The number of rotatable bonds is 8. The molecule has 3 aromatic carbocycles. The van der Waals surface area contributed by atoms with Gasteiger partial charge in [0.15, 0.2) is 0 Å². The number of nitrogens with zero attached hydrogens (tertiary/aromatic N) is 2. The molecule has 0 spiro atoms. The third kappa shape index (κ3) is 5.54. The number of amides is 3. The van der Waals surface area contributed by atoms with Crippen LogP contribution in [-0.2, 0) is 16.1 Å². The van der Waals surface area contributed by atoms with Gasteiger partial charge in [-0.25, -0.2) is 0 Å². The monoisotopic (exact) mass is 505 g/mol. The van der Waals surface area contributed by atoms with E-state index in [1.54, 1.807) is 28.9 Å². The van der Waals surface area contributed by atoms with Crippen molar-refractivity contribution in [2.75, 3.05) is 11.4 Å². The van der Waals surface area contributed by atoms with Crippen LogP contribution in [-0.4, -0.2) is 40.7 Å². The molecular weight excluding hydrogens is 474 g/mol. The second-order valence-electron chi connectivity index (χ2n) is 10.3. The summed E-state index contributed by atoms with van der Waals surface area (Å²) in [4.78, 5) is 42.8. The van der Waals surface area contributed by atoms with E-state index in [1.165, 1.54) is 0 Å². The Hall–Kier alpha value is -3.38. The van der Waals surface area contributed by atoms with Crippen molar-refractivity contribution in [2.45, 2.75) is 58.7 Å². The molecule has 6 nitrogen and oxygen atoms in total. The maximum absolute atomic E-state index is 13.4. The lowest BCUT2D eigenvalue weighted by Crippen LogP contribution is -2.52. The van der Waals surface area contributed by atoms with E-state index in [0.29, 0.717) is 23.6 Å².